The van der Waals surface area contributed by atoms with Gasteiger partial charge in [0.2, 0.25) is 5.91 Å². The molecule has 0 saturated carbocycles. The Morgan fingerprint density at radius 1 is 1.42 bits per heavy atom. The van der Waals surface area contributed by atoms with Gasteiger partial charge in [-0.15, -0.1) is 0 Å². The average Bonchev–Trinajstić information content (AvgIpc) is 2.94. The Balaban J connectivity index is 2.22. The Morgan fingerprint density at radius 2 is 2.21 bits per heavy atom. The van der Waals surface area contributed by atoms with Gasteiger partial charge in [-0.3, -0.25) is 9.59 Å². The van der Waals surface area contributed by atoms with Gasteiger partial charge in [-0.25, -0.2) is 0 Å². The quantitative estimate of drug-likeness (QED) is 0.641. The lowest BCUT2D eigenvalue weighted by Crippen LogP contribution is -2.38. The highest BCUT2D eigenvalue weighted by Crippen LogP contribution is 2.05. The molecular weight excluding hydrogens is 248 g/mol. The molecule has 19 heavy (non-hydrogen) atoms. The zero-order valence-corrected chi connectivity index (χ0v) is 11.0. The van der Waals surface area contributed by atoms with Crippen LogP contribution in [0.4, 0.5) is 0 Å². The van der Waals surface area contributed by atoms with Crippen LogP contribution in [0.5, 0.6) is 0 Å². The summed E-state index contributed by atoms with van der Waals surface area (Å²) in [5.74, 6) is -0.229. The molecule has 0 aliphatic rings. The zero-order valence-electron chi connectivity index (χ0n) is 11.0. The molecule has 0 spiro atoms. The summed E-state index contributed by atoms with van der Waals surface area (Å²) in [6, 6.07) is 3.14. The summed E-state index contributed by atoms with van der Waals surface area (Å²) in [6.45, 7) is 2.54. The van der Waals surface area contributed by atoms with Gasteiger partial charge in [-0.2, -0.15) is 0 Å². The van der Waals surface area contributed by atoms with Crippen molar-refractivity contribution < 1.29 is 19.1 Å². The van der Waals surface area contributed by atoms with Crippen LogP contribution in [-0.2, 0) is 4.79 Å². The minimum absolute atomic E-state index is 0.0882. The third-order valence-electron chi connectivity index (χ3n) is 2.86. The summed E-state index contributed by atoms with van der Waals surface area (Å²) in [5.41, 5.74) is 0. The molecule has 0 aromatic carbocycles. The number of aliphatic hydroxyl groups excluding tert-OH is 1. The molecule has 1 atom stereocenters. The Hall–Kier alpha value is -1.82. The molecule has 1 unspecified atom stereocenters. The van der Waals surface area contributed by atoms with Gasteiger partial charge >= 0.3 is 0 Å². The fourth-order valence-electron chi connectivity index (χ4n) is 1.61. The fourth-order valence-corrected chi connectivity index (χ4v) is 1.61. The van der Waals surface area contributed by atoms with Crippen molar-refractivity contribution in [1.82, 2.24) is 10.6 Å². The monoisotopic (exact) mass is 268 g/mol. The van der Waals surface area contributed by atoms with Gasteiger partial charge in [-0.1, -0.05) is 13.3 Å². The fraction of sp³-hybridized carbons (Fsp3) is 0.538. The van der Waals surface area contributed by atoms with Crippen molar-refractivity contribution in [3.05, 3.63) is 24.2 Å². The molecule has 1 aromatic rings. The van der Waals surface area contributed by atoms with Gasteiger partial charge in [0, 0.05) is 13.2 Å². The van der Waals surface area contributed by atoms with Crippen LogP contribution in [0, 0.1) is 5.92 Å². The first-order chi connectivity index (χ1) is 9.17. The summed E-state index contributed by atoms with van der Waals surface area (Å²) in [7, 11) is 0. The smallest absolute Gasteiger partial charge is 0.287 e. The molecule has 0 fully saturated rings. The maximum atomic E-state index is 11.5. The first-order valence-electron chi connectivity index (χ1n) is 6.36. The van der Waals surface area contributed by atoms with Gasteiger partial charge in [0.05, 0.1) is 12.8 Å². The summed E-state index contributed by atoms with van der Waals surface area (Å²) in [5, 5.41) is 14.0. The number of amides is 2. The number of aliphatic hydroxyl groups is 1. The number of rotatable bonds is 8. The standard InChI is InChI=1S/C13H20N2O4/c1-2-10(5-6-16)8-14-12(17)9-15-13(18)11-4-3-7-19-11/h3-4,7,10,16H,2,5-6,8-9H2,1H3,(H,14,17)(H,15,18). The van der Waals surface area contributed by atoms with Crippen molar-refractivity contribution in [2.24, 2.45) is 5.92 Å². The van der Waals surface area contributed by atoms with Gasteiger partial charge < -0.3 is 20.2 Å². The molecule has 6 heteroatoms. The molecule has 1 rings (SSSR count). The number of hydrogen-bond acceptors (Lipinski definition) is 4. The van der Waals surface area contributed by atoms with E-state index in [1.807, 2.05) is 6.92 Å². The van der Waals surface area contributed by atoms with Crippen molar-refractivity contribution in [3.63, 3.8) is 0 Å². The van der Waals surface area contributed by atoms with Gasteiger partial charge in [0.1, 0.15) is 0 Å². The molecule has 0 bridgehead atoms. The normalized spacial score (nSPS) is 11.9. The maximum Gasteiger partial charge on any atom is 0.287 e. The number of carbonyl (C=O) groups excluding carboxylic acids is 2. The second-order valence-corrected chi connectivity index (χ2v) is 4.25. The van der Waals surface area contributed by atoms with E-state index in [0.717, 1.165) is 6.42 Å². The van der Waals surface area contributed by atoms with Crippen LogP contribution in [-0.4, -0.2) is 36.6 Å². The first kappa shape index (κ1) is 15.2. The van der Waals surface area contributed by atoms with Crippen molar-refractivity contribution in [3.8, 4) is 0 Å². The Bertz CT molecular complexity index is 389. The topological polar surface area (TPSA) is 91.6 Å². The molecule has 0 aliphatic heterocycles. The highest BCUT2D eigenvalue weighted by Gasteiger charge is 2.11. The van der Waals surface area contributed by atoms with Crippen LogP contribution in [0.3, 0.4) is 0 Å². The van der Waals surface area contributed by atoms with E-state index < -0.39 is 5.91 Å². The van der Waals surface area contributed by atoms with E-state index in [2.05, 4.69) is 10.6 Å². The minimum atomic E-state index is -0.414. The van der Waals surface area contributed by atoms with E-state index in [4.69, 9.17) is 9.52 Å². The van der Waals surface area contributed by atoms with Crippen molar-refractivity contribution in [1.29, 1.82) is 0 Å². The molecule has 2 amide bonds. The second kappa shape index (κ2) is 8.31. The molecular formula is C13H20N2O4. The molecule has 106 valence electrons. The lowest BCUT2D eigenvalue weighted by Gasteiger charge is -2.14. The van der Waals surface area contributed by atoms with E-state index in [1.165, 1.54) is 12.3 Å². The van der Waals surface area contributed by atoms with Crippen LogP contribution < -0.4 is 10.6 Å². The molecule has 1 heterocycles. The van der Waals surface area contributed by atoms with E-state index in [1.54, 1.807) is 6.07 Å². The summed E-state index contributed by atoms with van der Waals surface area (Å²) < 4.78 is 4.90. The molecule has 0 radical (unpaired) electrons. The largest absolute Gasteiger partial charge is 0.459 e. The number of hydrogen-bond donors (Lipinski definition) is 3. The van der Waals surface area contributed by atoms with Crippen LogP contribution in [0.25, 0.3) is 0 Å². The molecule has 6 nitrogen and oxygen atoms in total. The van der Waals surface area contributed by atoms with Gasteiger partial charge in [0.15, 0.2) is 5.76 Å². The number of furan rings is 1. The van der Waals surface area contributed by atoms with Gasteiger partial charge in [-0.05, 0) is 24.5 Å². The van der Waals surface area contributed by atoms with Crippen LogP contribution in [0.15, 0.2) is 22.8 Å². The second-order valence-electron chi connectivity index (χ2n) is 4.25. The van der Waals surface area contributed by atoms with Crippen molar-refractivity contribution in [2.75, 3.05) is 19.7 Å². The highest BCUT2D eigenvalue weighted by atomic mass is 16.3. The van der Waals surface area contributed by atoms with E-state index in [0.29, 0.717) is 13.0 Å². The predicted octanol–water partition coefficient (Wildman–Crippen LogP) is 0.534. The molecule has 1 aromatic heterocycles. The molecule has 0 aliphatic carbocycles. The third kappa shape index (κ3) is 5.56. The van der Waals surface area contributed by atoms with Crippen LogP contribution in [0.2, 0.25) is 0 Å². The van der Waals surface area contributed by atoms with Crippen LogP contribution in [0.1, 0.15) is 30.3 Å². The lowest BCUT2D eigenvalue weighted by molar-refractivity contribution is -0.120. The molecule has 3 N–H and O–H groups in total. The van der Waals surface area contributed by atoms with E-state index >= 15 is 0 Å². The van der Waals surface area contributed by atoms with Gasteiger partial charge in [0.25, 0.3) is 5.91 Å². The number of nitrogens with one attached hydrogen (secondary N) is 2. The minimum Gasteiger partial charge on any atom is -0.459 e. The maximum absolute atomic E-state index is 11.5. The van der Waals surface area contributed by atoms with Crippen molar-refractivity contribution in [2.45, 2.75) is 19.8 Å². The first-order valence-corrected chi connectivity index (χ1v) is 6.36. The predicted molar refractivity (Wildman–Crippen MR) is 69.5 cm³/mol. The Labute approximate surface area is 112 Å². The molecule has 0 saturated heterocycles. The van der Waals surface area contributed by atoms with Crippen LogP contribution >= 0.6 is 0 Å². The third-order valence-corrected chi connectivity index (χ3v) is 2.86. The van der Waals surface area contributed by atoms with E-state index in [-0.39, 0.29) is 30.7 Å². The lowest BCUT2D eigenvalue weighted by atomic mass is 10.0. The summed E-state index contributed by atoms with van der Waals surface area (Å²) >= 11 is 0. The summed E-state index contributed by atoms with van der Waals surface area (Å²) in [6.07, 6.45) is 2.95. The SMILES string of the molecule is CCC(CCO)CNC(=O)CNC(=O)c1ccco1. The van der Waals surface area contributed by atoms with Crippen molar-refractivity contribution >= 4 is 11.8 Å². The van der Waals surface area contributed by atoms with E-state index in [9.17, 15) is 9.59 Å². The average molecular weight is 268 g/mol. The summed E-state index contributed by atoms with van der Waals surface area (Å²) in [4.78, 5) is 23.0. The Morgan fingerprint density at radius 3 is 2.79 bits per heavy atom. The number of carbonyl (C=O) groups is 2. The zero-order chi connectivity index (χ0) is 14.1. The highest BCUT2D eigenvalue weighted by molar-refractivity contribution is 5.94. The Kier molecular flexibility index (Phi) is 6.67.